The lowest BCUT2D eigenvalue weighted by molar-refractivity contribution is 0.528. The van der Waals surface area contributed by atoms with Crippen molar-refractivity contribution in [1.29, 1.82) is 0 Å². The molecule has 106 valence electrons. The minimum absolute atomic E-state index is 0.0329. The van der Waals surface area contributed by atoms with E-state index in [2.05, 4.69) is 4.72 Å². The fourth-order valence-corrected chi connectivity index (χ4v) is 5.10. The Balaban J connectivity index is 2.31. The fraction of sp³-hybridized carbons (Fsp3) is 0.538. The molecule has 1 aromatic carbocycles. The van der Waals surface area contributed by atoms with Gasteiger partial charge in [-0.25, -0.2) is 13.1 Å². The van der Waals surface area contributed by atoms with Crippen molar-refractivity contribution in [2.24, 2.45) is 0 Å². The third-order valence-electron chi connectivity index (χ3n) is 3.52. The summed E-state index contributed by atoms with van der Waals surface area (Å²) in [5.41, 5.74) is 7.85. The molecule has 3 N–H and O–H groups in total. The van der Waals surface area contributed by atoms with E-state index in [1.165, 1.54) is 0 Å². The van der Waals surface area contributed by atoms with Crippen LogP contribution in [0, 0.1) is 13.8 Å². The Bertz CT molecular complexity index is 564. The molecule has 0 amide bonds. The standard InChI is InChI=1S/C13H20N2O2S2/c1-9-3-4-12(14)13(10(9)2)19(16,17)15-11-5-7-18-8-6-11/h3-4,11,15H,5-8,14H2,1-2H3. The van der Waals surface area contributed by atoms with E-state index in [-0.39, 0.29) is 10.9 Å². The molecule has 6 heteroatoms. The molecule has 1 saturated heterocycles. The predicted octanol–water partition coefficient (Wildman–Crippen LogP) is 2.06. The summed E-state index contributed by atoms with van der Waals surface area (Å²) < 4.78 is 27.8. The van der Waals surface area contributed by atoms with E-state index in [0.29, 0.717) is 5.69 Å². The summed E-state index contributed by atoms with van der Waals surface area (Å²) in [6, 6.07) is 3.54. The first-order valence-electron chi connectivity index (χ1n) is 6.37. The highest BCUT2D eigenvalue weighted by Gasteiger charge is 2.25. The molecule has 0 aromatic heterocycles. The SMILES string of the molecule is Cc1ccc(N)c(S(=O)(=O)NC2CCSCC2)c1C. The molecule has 1 aliphatic heterocycles. The number of thioether (sulfide) groups is 1. The lowest BCUT2D eigenvalue weighted by Gasteiger charge is -2.23. The topological polar surface area (TPSA) is 72.2 Å². The van der Waals surface area contributed by atoms with Crippen molar-refractivity contribution in [3.8, 4) is 0 Å². The van der Waals surface area contributed by atoms with Gasteiger partial charge in [0.05, 0.1) is 5.69 Å². The highest BCUT2D eigenvalue weighted by atomic mass is 32.2. The second-order valence-corrected chi connectivity index (χ2v) is 7.81. The van der Waals surface area contributed by atoms with Gasteiger partial charge < -0.3 is 5.73 Å². The average molecular weight is 300 g/mol. The number of benzene rings is 1. The molecule has 0 saturated carbocycles. The van der Waals surface area contributed by atoms with Crippen molar-refractivity contribution >= 4 is 27.5 Å². The molecule has 2 rings (SSSR count). The zero-order valence-electron chi connectivity index (χ0n) is 11.3. The van der Waals surface area contributed by atoms with Crippen LogP contribution in [0.25, 0.3) is 0 Å². The summed E-state index contributed by atoms with van der Waals surface area (Å²) in [6.07, 6.45) is 1.77. The van der Waals surface area contributed by atoms with Crippen molar-refractivity contribution in [3.63, 3.8) is 0 Å². The number of aryl methyl sites for hydroxylation is 1. The summed E-state index contributed by atoms with van der Waals surface area (Å²) >= 11 is 1.87. The van der Waals surface area contributed by atoms with Gasteiger partial charge in [0, 0.05) is 6.04 Å². The van der Waals surface area contributed by atoms with Gasteiger partial charge in [0.25, 0.3) is 0 Å². The summed E-state index contributed by atoms with van der Waals surface area (Å²) in [5, 5.41) is 0. The van der Waals surface area contributed by atoms with Crippen molar-refractivity contribution in [2.75, 3.05) is 17.2 Å². The maximum absolute atomic E-state index is 12.5. The van der Waals surface area contributed by atoms with Gasteiger partial charge in [0.1, 0.15) is 4.90 Å². The summed E-state index contributed by atoms with van der Waals surface area (Å²) in [6.45, 7) is 3.70. The number of hydrogen-bond acceptors (Lipinski definition) is 4. The van der Waals surface area contributed by atoms with Gasteiger partial charge in [-0.15, -0.1) is 0 Å². The second-order valence-electron chi connectivity index (χ2n) is 4.93. The molecule has 0 spiro atoms. The number of nitrogen functional groups attached to an aromatic ring is 1. The fourth-order valence-electron chi connectivity index (χ4n) is 2.26. The molecule has 1 fully saturated rings. The van der Waals surface area contributed by atoms with Crippen LogP contribution in [0.2, 0.25) is 0 Å². The van der Waals surface area contributed by atoms with Crippen LogP contribution in [-0.2, 0) is 10.0 Å². The zero-order chi connectivity index (χ0) is 14.0. The van der Waals surface area contributed by atoms with E-state index in [9.17, 15) is 8.42 Å². The van der Waals surface area contributed by atoms with E-state index in [0.717, 1.165) is 35.5 Å². The van der Waals surface area contributed by atoms with Crippen molar-refractivity contribution in [3.05, 3.63) is 23.3 Å². The number of nitrogens with one attached hydrogen (secondary N) is 1. The number of anilines is 1. The largest absolute Gasteiger partial charge is 0.398 e. The Kier molecular flexibility index (Phi) is 4.43. The van der Waals surface area contributed by atoms with Gasteiger partial charge in [0.15, 0.2) is 0 Å². The van der Waals surface area contributed by atoms with Gasteiger partial charge in [-0.3, -0.25) is 0 Å². The molecule has 1 heterocycles. The molecular weight excluding hydrogens is 280 g/mol. The number of nitrogens with two attached hydrogens (primary N) is 1. The second kappa shape index (κ2) is 5.73. The summed E-state index contributed by atoms with van der Waals surface area (Å²) in [4.78, 5) is 0.241. The summed E-state index contributed by atoms with van der Waals surface area (Å²) in [5.74, 6) is 2.02. The Labute approximate surface area is 119 Å². The van der Waals surface area contributed by atoms with Crippen LogP contribution in [0.1, 0.15) is 24.0 Å². The van der Waals surface area contributed by atoms with E-state index in [4.69, 9.17) is 5.73 Å². The first kappa shape index (κ1) is 14.7. The first-order valence-corrected chi connectivity index (χ1v) is 9.01. The van der Waals surface area contributed by atoms with Crippen LogP contribution >= 0.6 is 11.8 Å². The summed E-state index contributed by atoms with van der Waals surface area (Å²) in [7, 11) is -3.53. The first-order chi connectivity index (χ1) is 8.92. The molecule has 0 bridgehead atoms. The number of rotatable bonds is 3. The monoisotopic (exact) mass is 300 g/mol. The van der Waals surface area contributed by atoms with Gasteiger partial charge in [-0.05, 0) is 55.4 Å². The highest BCUT2D eigenvalue weighted by molar-refractivity contribution is 7.99. The van der Waals surface area contributed by atoms with Crippen LogP contribution < -0.4 is 10.5 Å². The van der Waals surface area contributed by atoms with Crippen molar-refractivity contribution in [1.82, 2.24) is 4.72 Å². The van der Waals surface area contributed by atoms with Crippen molar-refractivity contribution in [2.45, 2.75) is 37.6 Å². The van der Waals surface area contributed by atoms with Crippen LogP contribution in [-0.4, -0.2) is 26.0 Å². The van der Waals surface area contributed by atoms with Crippen LogP contribution in [0.5, 0.6) is 0 Å². The third-order valence-corrected chi connectivity index (χ3v) is 6.29. The number of hydrogen-bond donors (Lipinski definition) is 2. The van der Waals surface area contributed by atoms with Gasteiger partial charge in [-0.2, -0.15) is 11.8 Å². The maximum Gasteiger partial charge on any atom is 0.243 e. The molecule has 19 heavy (non-hydrogen) atoms. The smallest absolute Gasteiger partial charge is 0.243 e. The van der Waals surface area contributed by atoms with E-state index >= 15 is 0 Å². The molecule has 0 radical (unpaired) electrons. The van der Waals surface area contributed by atoms with Crippen LogP contribution in [0.15, 0.2) is 17.0 Å². The van der Waals surface area contributed by atoms with Gasteiger partial charge >= 0.3 is 0 Å². The Morgan fingerprint density at radius 3 is 2.53 bits per heavy atom. The predicted molar refractivity (Wildman–Crippen MR) is 81.0 cm³/mol. The van der Waals surface area contributed by atoms with E-state index < -0.39 is 10.0 Å². The quantitative estimate of drug-likeness (QED) is 0.838. The number of sulfonamides is 1. The Morgan fingerprint density at radius 1 is 1.26 bits per heavy atom. The zero-order valence-corrected chi connectivity index (χ0v) is 12.9. The lowest BCUT2D eigenvalue weighted by atomic mass is 10.1. The molecule has 0 aliphatic carbocycles. The van der Waals surface area contributed by atoms with Gasteiger partial charge in [-0.1, -0.05) is 6.07 Å². The molecule has 0 unspecified atom stereocenters. The molecule has 1 aliphatic rings. The Morgan fingerprint density at radius 2 is 1.89 bits per heavy atom. The average Bonchev–Trinajstić information content (AvgIpc) is 2.35. The van der Waals surface area contributed by atoms with Gasteiger partial charge in [0.2, 0.25) is 10.0 Å². The molecule has 4 nitrogen and oxygen atoms in total. The van der Waals surface area contributed by atoms with Crippen LogP contribution in [0.3, 0.4) is 0 Å². The third kappa shape index (κ3) is 3.24. The lowest BCUT2D eigenvalue weighted by Crippen LogP contribution is -2.37. The Hall–Kier alpha value is -0.720. The maximum atomic E-state index is 12.5. The van der Waals surface area contributed by atoms with Crippen LogP contribution in [0.4, 0.5) is 5.69 Å². The van der Waals surface area contributed by atoms with E-state index in [1.54, 1.807) is 13.0 Å². The molecule has 1 aromatic rings. The highest BCUT2D eigenvalue weighted by Crippen LogP contribution is 2.26. The van der Waals surface area contributed by atoms with E-state index in [1.807, 2.05) is 24.8 Å². The molecular formula is C13H20N2O2S2. The molecule has 0 atom stereocenters. The minimum Gasteiger partial charge on any atom is -0.398 e. The normalized spacial score (nSPS) is 17.6. The minimum atomic E-state index is -3.53. The van der Waals surface area contributed by atoms with Crippen molar-refractivity contribution < 1.29 is 8.42 Å².